The van der Waals surface area contributed by atoms with Gasteiger partial charge in [0.15, 0.2) is 0 Å². The van der Waals surface area contributed by atoms with Gasteiger partial charge in [0, 0.05) is 18.5 Å². The zero-order valence-corrected chi connectivity index (χ0v) is 8.30. The lowest BCUT2D eigenvalue weighted by molar-refractivity contribution is 0.167. The molecule has 0 aromatic carbocycles. The van der Waals surface area contributed by atoms with Crippen LogP contribution in [0.3, 0.4) is 0 Å². The molecule has 5 heteroatoms. The largest absolute Gasteiger partial charge is 0.424 e. The van der Waals surface area contributed by atoms with E-state index >= 15 is 0 Å². The summed E-state index contributed by atoms with van der Waals surface area (Å²) in [6.45, 7) is 0. The lowest BCUT2D eigenvalue weighted by Gasteiger charge is -1.98. The summed E-state index contributed by atoms with van der Waals surface area (Å²) in [5.41, 5.74) is 1.43. The average molecular weight is 200 g/mol. The summed E-state index contributed by atoms with van der Waals surface area (Å²) in [5.74, 6) is 1.84. The first-order chi connectivity index (χ1) is 6.22. The molecular formula is C8H12N2O2S. The maximum Gasteiger partial charge on any atom is 0.361 e. The molecule has 2 heterocycles. The van der Waals surface area contributed by atoms with Crippen molar-refractivity contribution in [2.24, 2.45) is 7.05 Å². The standard InChI is InChI=1S/C8H12N2O2S/c1-9-6-3-2-4-13-5-7(6)10(12)8(9)11/h12H,2-5H2,1H3. The Morgan fingerprint density at radius 2 is 2.23 bits per heavy atom. The summed E-state index contributed by atoms with van der Waals surface area (Å²) in [5, 5.41) is 9.46. The lowest BCUT2D eigenvalue weighted by atomic mass is 10.2. The van der Waals surface area contributed by atoms with Crippen molar-refractivity contribution in [2.45, 2.75) is 18.6 Å². The van der Waals surface area contributed by atoms with Crippen LogP contribution >= 0.6 is 11.8 Å². The van der Waals surface area contributed by atoms with E-state index in [4.69, 9.17) is 0 Å². The van der Waals surface area contributed by atoms with Crippen molar-refractivity contribution in [3.63, 3.8) is 0 Å². The summed E-state index contributed by atoms with van der Waals surface area (Å²) in [6, 6.07) is 0. The van der Waals surface area contributed by atoms with Gasteiger partial charge in [-0.2, -0.15) is 11.8 Å². The third kappa shape index (κ3) is 1.27. The molecule has 0 spiro atoms. The molecule has 0 bridgehead atoms. The number of hydrogen-bond donors (Lipinski definition) is 1. The molecule has 0 radical (unpaired) electrons. The number of imidazole rings is 1. The van der Waals surface area contributed by atoms with Gasteiger partial charge in [0.2, 0.25) is 0 Å². The average Bonchev–Trinajstić information content (AvgIpc) is 2.40. The van der Waals surface area contributed by atoms with Crippen LogP contribution in [-0.2, 0) is 19.2 Å². The van der Waals surface area contributed by atoms with E-state index in [-0.39, 0.29) is 5.69 Å². The third-order valence-corrected chi connectivity index (χ3v) is 3.46. The van der Waals surface area contributed by atoms with E-state index in [1.165, 1.54) is 0 Å². The van der Waals surface area contributed by atoms with Crippen molar-refractivity contribution in [1.29, 1.82) is 0 Å². The fraction of sp³-hybridized carbons (Fsp3) is 0.625. The van der Waals surface area contributed by atoms with Gasteiger partial charge in [0.25, 0.3) is 0 Å². The fourth-order valence-corrected chi connectivity index (χ4v) is 2.63. The zero-order valence-electron chi connectivity index (χ0n) is 7.49. The second-order valence-electron chi connectivity index (χ2n) is 3.20. The number of fused-ring (bicyclic) bond motifs is 1. The van der Waals surface area contributed by atoms with Crippen molar-refractivity contribution in [2.75, 3.05) is 5.75 Å². The molecule has 0 aliphatic carbocycles. The maximum absolute atomic E-state index is 11.3. The molecule has 0 saturated carbocycles. The SMILES string of the molecule is Cn1c2c(n(O)c1=O)CSCCC2. The Morgan fingerprint density at radius 1 is 1.46 bits per heavy atom. The molecule has 72 valence electrons. The molecule has 0 saturated heterocycles. The first kappa shape index (κ1) is 8.74. The van der Waals surface area contributed by atoms with Gasteiger partial charge in [-0.25, -0.2) is 4.79 Å². The predicted molar refractivity (Wildman–Crippen MR) is 51.3 cm³/mol. The first-order valence-electron chi connectivity index (χ1n) is 4.28. The first-order valence-corrected chi connectivity index (χ1v) is 5.43. The molecule has 1 aromatic rings. The highest BCUT2D eigenvalue weighted by Gasteiger charge is 2.18. The normalized spacial score (nSPS) is 16.7. The highest BCUT2D eigenvalue weighted by Crippen LogP contribution is 2.21. The van der Waals surface area contributed by atoms with Crippen molar-refractivity contribution < 1.29 is 5.21 Å². The smallest absolute Gasteiger partial charge is 0.361 e. The van der Waals surface area contributed by atoms with Gasteiger partial charge in [0.05, 0.1) is 5.69 Å². The number of nitrogens with zero attached hydrogens (tertiary/aromatic N) is 2. The molecule has 0 fully saturated rings. The van der Waals surface area contributed by atoms with Crippen molar-refractivity contribution in [3.05, 3.63) is 21.9 Å². The van der Waals surface area contributed by atoms with Crippen LogP contribution in [0.1, 0.15) is 17.8 Å². The van der Waals surface area contributed by atoms with Crippen LogP contribution in [-0.4, -0.2) is 20.3 Å². The van der Waals surface area contributed by atoms with Gasteiger partial charge < -0.3 is 5.21 Å². The predicted octanol–water partition coefficient (Wildman–Crippen LogP) is 0.604. The van der Waals surface area contributed by atoms with Crippen LogP contribution in [0.25, 0.3) is 0 Å². The van der Waals surface area contributed by atoms with E-state index in [0.29, 0.717) is 0 Å². The van der Waals surface area contributed by atoms with Crippen LogP contribution in [0.2, 0.25) is 0 Å². The molecule has 1 N–H and O–H groups in total. The molecular weight excluding hydrogens is 188 g/mol. The minimum atomic E-state index is -0.326. The highest BCUT2D eigenvalue weighted by molar-refractivity contribution is 7.98. The van der Waals surface area contributed by atoms with Crippen molar-refractivity contribution in [1.82, 2.24) is 9.30 Å². The Morgan fingerprint density at radius 3 is 3.00 bits per heavy atom. The summed E-state index contributed by atoms with van der Waals surface area (Å²) in [6.07, 6.45) is 1.97. The van der Waals surface area contributed by atoms with Gasteiger partial charge in [-0.05, 0) is 18.6 Å². The van der Waals surface area contributed by atoms with E-state index in [2.05, 4.69) is 0 Å². The monoisotopic (exact) mass is 200 g/mol. The highest BCUT2D eigenvalue weighted by atomic mass is 32.2. The Labute approximate surface area is 80.1 Å². The van der Waals surface area contributed by atoms with Crippen LogP contribution < -0.4 is 5.69 Å². The Bertz CT molecular complexity index is 348. The van der Waals surface area contributed by atoms with Gasteiger partial charge in [0.1, 0.15) is 0 Å². The Kier molecular flexibility index (Phi) is 2.11. The number of aromatic nitrogens is 2. The van der Waals surface area contributed by atoms with E-state index < -0.39 is 0 Å². The Balaban J connectivity index is 2.59. The quantitative estimate of drug-likeness (QED) is 0.624. The zero-order chi connectivity index (χ0) is 9.42. The molecule has 13 heavy (non-hydrogen) atoms. The van der Waals surface area contributed by atoms with E-state index in [1.54, 1.807) is 23.4 Å². The molecule has 0 atom stereocenters. The van der Waals surface area contributed by atoms with Crippen molar-refractivity contribution >= 4 is 11.8 Å². The number of hydrogen-bond acceptors (Lipinski definition) is 3. The summed E-state index contributed by atoms with van der Waals surface area (Å²) >= 11 is 1.76. The minimum absolute atomic E-state index is 0.326. The van der Waals surface area contributed by atoms with Crippen molar-refractivity contribution in [3.8, 4) is 0 Å². The van der Waals surface area contributed by atoms with Gasteiger partial charge >= 0.3 is 5.69 Å². The molecule has 1 aliphatic heterocycles. The van der Waals surface area contributed by atoms with E-state index in [9.17, 15) is 10.0 Å². The van der Waals surface area contributed by atoms with E-state index in [0.717, 1.165) is 40.5 Å². The maximum atomic E-state index is 11.3. The van der Waals surface area contributed by atoms with Gasteiger partial charge in [-0.15, -0.1) is 4.73 Å². The van der Waals surface area contributed by atoms with E-state index in [1.807, 2.05) is 0 Å². The minimum Gasteiger partial charge on any atom is -0.424 e. The van der Waals surface area contributed by atoms with Crippen LogP contribution in [0.15, 0.2) is 4.79 Å². The summed E-state index contributed by atoms with van der Waals surface area (Å²) < 4.78 is 2.33. The number of rotatable bonds is 0. The molecule has 4 nitrogen and oxygen atoms in total. The molecule has 2 rings (SSSR count). The topological polar surface area (TPSA) is 47.2 Å². The Hall–Kier alpha value is -0.840. The van der Waals surface area contributed by atoms with Gasteiger partial charge in [-0.1, -0.05) is 0 Å². The number of thioether (sulfide) groups is 1. The lowest BCUT2D eigenvalue weighted by Crippen LogP contribution is -2.21. The van der Waals surface area contributed by atoms with Gasteiger partial charge in [-0.3, -0.25) is 4.57 Å². The van der Waals surface area contributed by atoms with Crippen LogP contribution in [0, 0.1) is 0 Å². The summed E-state index contributed by atoms with van der Waals surface area (Å²) in [7, 11) is 1.71. The van der Waals surface area contributed by atoms with Crippen LogP contribution in [0.4, 0.5) is 0 Å². The van der Waals surface area contributed by atoms with Crippen LogP contribution in [0.5, 0.6) is 0 Å². The molecule has 0 unspecified atom stereocenters. The molecule has 1 aliphatic rings. The second kappa shape index (κ2) is 3.14. The summed E-state index contributed by atoms with van der Waals surface area (Å²) in [4.78, 5) is 11.3. The third-order valence-electron chi connectivity index (χ3n) is 2.40. The molecule has 0 amide bonds. The second-order valence-corrected chi connectivity index (χ2v) is 4.31. The fourth-order valence-electron chi connectivity index (χ4n) is 1.66. The molecule has 1 aromatic heterocycles.